The van der Waals surface area contributed by atoms with E-state index in [1.807, 2.05) is 0 Å². The SMILES string of the molecule is ClC1CCCN(c2nncs2)C1. The molecule has 2 rings (SSSR count). The van der Waals surface area contributed by atoms with Crippen LogP contribution in [-0.2, 0) is 0 Å². The molecule has 12 heavy (non-hydrogen) atoms. The predicted molar refractivity (Wildman–Crippen MR) is 51.0 cm³/mol. The van der Waals surface area contributed by atoms with Gasteiger partial charge in [0.1, 0.15) is 5.51 Å². The molecule has 1 aliphatic heterocycles. The molecule has 1 aromatic heterocycles. The van der Waals surface area contributed by atoms with Gasteiger partial charge in [-0.3, -0.25) is 0 Å². The molecule has 3 nitrogen and oxygen atoms in total. The second-order valence-electron chi connectivity index (χ2n) is 2.91. The quantitative estimate of drug-likeness (QED) is 0.652. The van der Waals surface area contributed by atoms with Crippen LogP contribution >= 0.6 is 22.9 Å². The van der Waals surface area contributed by atoms with Crippen molar-refractivity contribution in [2.75, 3.05) is 18.0 Å². The highest BCUT2D eigenvalue weighted by molar-refractivity contribution is 7.13. The third-order valence-electron chi connectivity index (χ3n) is 1.98. The Kier molecular flexibility index (Phi) is 2.46. The fourth-order valence-electron chi connectivity index (χ4n) is 1.40. The van der Waals surface area contributed by atoms with E-state index in [1.54, 1.807) is 16.8 Å². The number of piperidine rings is 1. The highest BCUT2D eigenvalue weighted by atomic mass is 35.5. The second kappa shape index (κ2) is 3.58. The van der Waals surface area contributed by atoms with E-state index in [4.69, 9.17) is 11.6 Å². The summed E-state index contributed by atoms with van der Waals surface area (Å²) in [4.78, 5) is 2.21. The van der Waals surface area contributed by atoms with Gasteiger partial charge < -0.3 is 4.90 Å². The van der Waals surface area contributed by atoms with Crippen LogP contribution in [0.15, 0.2) is 5.51 Å². The molecule has 1 aliphatic rings. The fourth-order valence-corrected chi connectivity index (χ4v) is 2.32. The number of halogens is 1. The van der Waals surface area contributed by atoms with Crippen molar-refractivity contribution in [2.45, 2.75) is 18.2 Å². The Hall–Kier alpha value is -0.350. The minimum Gasteiger partial charge on any atom is -0.345 e. The monoisotopic (exact) mass is 203 g/mol. The number of alkyl halides is 1. The first kappa shape index (κ1) is 8.26. The average Bonchev–Trinajstić information content (AvgIpc) is 2.56. The predicted octanol–water partition coefficient (Wildman–Crippen LogP) is 1.75. The lowest BCUT2D eigenvalue weighted by Gasteiger charge is -2.28. The molecule has 0 aromatic carbocycles. The molecule has 1 aromatic rings. The maximum Gasteiger partial charge on any atom is 0.208 e. The summed E-state index contributed by atoms with van der Waals surface area (Å²) in [6.07, 6.45) is 2.28. The van der Waals surface area contributed by atoms with Gasteiger partial charge in [-0.2, -0.15) is 0 Å². The van der Waals surface area contributed by atoms with Gasteiger partial charge in [0.2, 0.25) is 5.13 Å². The molecule has 1 atom stereocenters. The Morgan fingerprint density at radius 2 is 2.58 bits per heavy atom. The van der Waals surface area contributed by atoms with Gasteiger partial charge in [0, 0.05) is 13.1 Å². The summed E-state index contributed by atoms with van der Waals surface area (Å²) in [5.74, 6) is 0. The number of aromatic nitrogens is 2. The molecular weight excluding hydrogens is 194 g/mol. The molecule has 0 saturated carbocycles. The van der Waals surface area contributed by atoms with Crippen LogP contribution in [-0.4, -0.2) is 28.7 Å². The van der Waals surface area contributed by atoms with Crippen LogP contribution in [0.25, 0.3) is 0 Å². The van der Waals surface area contributed by atoms with Crippen molar-refractivity contribution in [1.29, 1.82) is 0 Å². The standard InChI is InChI=1S/C7H10ClN3S/c8-6-2-1-3-11(4-6)7-10-9-5-12-7/h5-6H,1-4H2. The molecule has 0 amide bonds. The van der Waals surface area contributed by atoms with Crippen molar-refractivity contribution >= 4 is 28.1 Å². The number of hydrogen-bond donors (Lipinski definition) is 0. The summed E-state index contributed by atoms with van der Waals surface area (Å²) < 4.78 is 0. The van der Waals surface area contributed by atoms with Crippen molar-refractivity contribution in [3.8, 4) is 0 Å². The summed E-state index contributed by atoms with van der Waals surface area (Å²) >= 11 is 7.62. The highest BCUT2D eigenvalue weighted by Gasteiger charge is 2.19. The third kappa shape index (κ3) is 1.69. The van der Waals surface area contributed by atoms with Crippen molar-refractivity contribution in [3.05, 3.63) is 5.51 Å². The first-order chi connectivity index (χ1) is 5.86. The van der Waals surface area contributed by atoms with E-state index < -0.39 is 0 Å². The topological polar surface area (TPSA) is 29.0 Å². The Bertz CT molecular complexity index is 239. The van der Waals surface area contributed by atoms with Crippen molar-refractivity contribution in [1.82, 2.24) is 10.2 Å². The van der Waals surface area contributed by atoms with Crippen LogP contribution in [0, 0.1) is 0 Å². The zero-order chi connectivity index (χ0) is 8.39. The lowest BCUT2D eigenvalue weighted by Crippen LogP contribution is -2.35. The minimum absolute atomic E-state index is 0.280. The van der Waals surface area contributed by atoms with Gasteiger partial charge >= 0.3 is 0 Å². The van der Waals surface area contributed by atoms with E-state index in [0.29, 0.717) is 0 Å². The molecule has 0 bridgehead atoms. The van der Waals surface area contributed by atoms with Gasteiger partial charge in [0.25, 0.3) is 0 Å². The summed E-state index contributed by atoms with van der Waals surface area (Å²) in [7, 11) is 0. The molecule has 1 unspecified atom stereocenters. The molecule has 2 heterocycles. The van der Waals surface area contributed by atoms with Crippen LogP contribution < -0.4 is 4.90 Å². The molecule has 5 heteroatoms. The van der Waals surface area contributed by atoms with E-state index in [9.17, 15) is 0 Å². The maximum atomic E-state index is 6.04. The van der Waals surface area contributed by atoms with Crippen molar-refractivity contribution < 1.29 is 0 Å². The summed E-state index contributed by atoms with van der Waals surface area (Å²) in [6, 6.07) is 0. The van der Waals surface area contributed by atoms with Crippen LogP contribution in [0.3, 0.4) is 0 Å². The average molecular weight is 204 g/mol. The zero-order valence-electron chi connectivity index (χ0n) is 6.61. The molecule has 1 saturated heterocycles. The smallest absolute Gasteiger partial charge is 0.208 e. The van der Waals surface area contributed by atoms with Crippen LogP contribution in [0.5, 0.6) is 0 Å². The van der Waals surface area contributed by atoms with E-state index in [0.717, 1.165) is 31.1 Å². The molecule has 66 valence electrons. The van der Waals surface area contributed by atoms with E-state index in [1.165, 1.54) is 0 Å². The Labute approximate surface area is 80.4 Å². The summed E-state index contributed by atoms with van der Waals surface area (Å²) in [6.45, 7) is 1.98. The Morgan fingerprint density at radius 1 is 1.67 bits per heavy atom. The minimum atomic E-state index is 0.280. The van der Waals surface area contributed by atoms with Crippen molar-refractivity contribution in [2.24, 2.45) is 0 Å². The van der Waals surface area contributed by atoms with Crippen LogP contribution in [0.2, 0.25) is 0 Å². The maximum absolute atomic E-state index is 6.04. The Balaban J connectivity index is 2.04. The van der Waals surface area contributed by atoms with Crippen LogP contribution in [0.4, 0.5) is 5.13 Å². The number of nitrogens with zero attached hydrogens (tertiary/aromatic N) is 3. The van der Waals surface area contributed by atoms with Gasteiger partial charge in [0.05, 0.1) is 5.38 Å². The molecule has 0 N–H and O–H groups in total. The van der Waals surface area contributed by atoms with Gasteiger partial charge in [-0.1, -0.05) is 11.3 Å². The lowest BCUT2D eigenvalue weighted by molar-refractivity contribution is 0.582. The molecule has 1 fully saturated rings. The van der Waals surface area contributed by atoms with Crippen molar-refractivity contribution in [3.63, 3.8) is 0 Å². The van der Waals surface area contributed by atoms with Gasteiger partial charge in [-0.05, 0) is 12.8 Å². The molecule has 0 aliphatic carbocycles. The number of hydrogen-bond acceptors (Lipinski definition) is 4. The third-order valence-corrected chi connectivity index (χ3v) is 3.09. The van der Waals surface area contributed by atoms with E-state index in [2.05, 4.69) is 15.1 Å². The fraction of sp³-hybridized carbons (Fsp3) is 0.714. The normalized spacial score (nSPS) is 24.4. The van der Waals surface area contributed by atoms with Gasteiger partial charge in [-0.25, -0.2) is 0 Å². The second-order valence-corrected chi connectivity index (χ2v) is 4.34. The van der Waals surface area contributed by atoms with Gasteiger partial charge in [0.15, 0.2) is 0 Å². The number of anilines is 1. The first-order valence-corrected chi connectivity index (χ1v) is 5.33. The highest BCUT2D eigenvalue weighted by Crippen LogP contribution is 2.22. The molecule has 0 spiro atoms. The Morgan fingerprint density at radius 3 is 3.25 bits per heavy atom. The van der Waals surface area contributed by atoms with E-state index in [-0.39, 0.29) is 5.38 Å². The molecule has 0 radical (unpaired) electrons. The summed E-state index contributed by atoms with van der Waals surface area (Å²) in [5, 5.41) is 9.10. The first-order valence-electron chi connectivity index (χ1n) is 4.01. The van der Waals surface area contributed by atoms with Gasteiger partial charge in [-0.15, -0.1) is 21.8 Å². The number of rotatable bonds is 1. The largest absolute Gasteiger partial charge is 0.345 e. The summed E-state index contributed by atoms with van der Waals surface area (Å²) in [5.41, 5.74) is 1.76. The molecular formula is C7H10ClN3S. The zero-order valence-corrected chi connectivity index (χ0v) is 8.18. The lowest BCUT2D eigenvalue weighted by atomic mass is 10.1. The van der Waals surface area contributed by atoms with E-state index >= 15 is 0 Å². The van der Waals surface area contributed by atoms with Crippen LogP contribution in [0.1, 0.15) is 12.8 Å².